The van der Waals surface area contributed by atoms with Gasteiger partial charge in [0.25, 0.3) is 0 Å². The van der Waals surface area contributed by atoms with Gasteiger partial charge in [-0.3, -0.25) is 33.6 Å². The zero-order valence-electron chi connectivity index (χ0n) is 35.6. The van der Waals surface area contributed by atoms with E-state index in [1.807, 2.05) is 52.0 Å². The fraction of sp³-hybridized carbons (Fsp3) is 0.651. The Labute approximate surface area is 347 Å². The molecule has 1 saturated carbocycles. The quantitative estimate of drug-likeness (QED) is 0.144. The first-order valence-corrected chi connectivity index (χ1v) is 21.4. The molecule has 59 heavy (non-hydrogen) atoms. The second-order valence-corrected chi connectivity index (χ2v) is 17.4. The lowest BCUT2D eigenvalue weighted by atomic mass is 9.95. The van der Waals surface area contributed by atoms with Crippen molar-refractivity contribution in [3.05, 3.63) is 36.0 Å². The molecule has 2 heterocycles. The van der Waals surface area contributed by atoms with Crippen LogP contribution in [0.2, 0.25) is 0 Å². The number of rotatable bonds is 13. The summed E-state index contributed by atoms with van der Waals surface area (Å²) in [5.41, 5.74) is 7.41. The Morgan fingerprint density at radius 3 is 1.81 bits per heavy atom. The maximum absolute atomic E-state index is 14.4. The lowest BCUT2D eigenvalue weighted by molar-refractivity contribution is -0.138. The second-order valence-electron chi connectivity index (χ2n) is 17.4. The summed E-state index contributed by atoms with van der Waals surface area (Å²) < 4.78 is 0. The van der Waals surface area contributed by atoms with Gasteiger partial charge in [-0.1, -0.05) is 79.0 Å². The molecule has 1 saturated heterocycles. The number of fused-ring (bicyclic) bond motifs is 1. The van der Waals surface area contributed by atoms with Crippen molar-refractivity contribution in [3.8, 4) is 0 Å². The minimum Gasteiger partial charge on any atom is -0.361 e. The highest BCUT2D eigenvalue weighted by Gasteiger charge is 2.37. The van der Waals surface area contributed by atoms with Crippen molar-refractivity contribution in [2.45, 2.75) is 154 Å². The van der Waals surface area contributed by atoms with Gasteiger partial charge in [-0.05, 0) is 74.5 Å². The number of benzene rings is 1. The molecule has 4 rings (SSSR count). The van der Waals surface area contributed by atoms with Gasteiger partial charge in [0, 0.05) is 29.6 Å². The van der Waals surface area contributed by atoms with Gasteiger partial charge in [0.1, 0.15) is 36.3 Å². The van der Waals surface area contributed by atoms with Gasteiger partial charge in [-0.15, -0.1) is 0 Å². The predicted molar refractivity (Wildman–Crippen MR) is 225 cm³/mol. The molecule has 1 aliphatic carbocycles. The van der Waals surface area contributed by atoms with Gasteiger partial charge in [0.05, 0.1) is 6.42 Å². The monoisotopic (exact) mass is 822 g/mol. The van der Waals surface area contributed by atoms with E-state index in [0.29, 0.717) is 6.42 Å². The van der Waals surface area contributed by atoms with Gasteiger partial charge < -0.3 is 47.9 Å². The van der Waals surface area contributed by atoms with E-state index in [0.717, 1.165) is 48.6 Å². The molecular formula is C43H67N9O7. The Bertz CT molecular complexity index is 1770. The SMILES string of the molecule is CC(C)C[C@@H]1NC(=O)[C@H](Cc2c[nH]c3ccccc23)NC(=O)[C@@H](CCCN)NC(=O)[C@H](CC(=O)NC2CCCCC2)NC(=O)[C@H](C(C)C)NC(=O)[C@@H](CC(C)C)NC1=O. The number of amides is 7. The lowest BCUT2D eigenvalue weighted by Crippen LogP contribution is -2.62. The van der Waals surface area contributed by atoms with Gasteiger partial charge in [-0.25, -0.2) is 0 Å². The van der Waals surface area contributed by atoms with Gasteiger partial charge in [0.15, 0.2) is 0 Å². The third-order valence-electron chi connectivity index (χ3n) is 11.0. The molecule has 0 radical (unpaired) electrons. The molecular weight excluding hydrogens is 755 g/mol. The van der Waals surface area contributed by atoms with Crippen LogP contribution >= 0.6 is 0 Å². The van der Waals surface area contributed by atoms with Gasteiger partial charge in [-0.2, -0.15) is 0 Å². The minimum absolute atomic E-state index is 0.0319. The molecule has 2 aromatic rings. The molecule has 2 fully saturated rings. The third-order valence-corrected chi connectivity index (χ3v) is 11.0. The Hall–Kier alpha value is -4.99. The highest BCUT2D eigenvalue weighted by molar-refractivity contribution is 5.99. The van der Waals surface area contributed by atoms with Crippen LogP contribution in [0.4, 0.5) is 0 Å². The molecule has 0 unspecified atom stereocenters. The number of hydrogen-bond donors (Lipinski definition) is 9. The number of nitrogens with two attached hydrogens (primary N) is 1. The third kappa shape index (κ3) is 14.1. The first kappa shape index (κ1) is 46.7. The van der Waals surface area contributed by atoms with Gasteiger partial charge >= 0.3 is 0 Å². The summed E-state index contributed by atoms with van der Waals surface area (Å²) >= 11 is 0. The molecule has 1 aromatic carbocycles. The molecule has 326 valence electrons. The van der Waals surface area contributed by atoms with Crippen LogP contribution in [0.25, 0.3) is 10.9 Å². The summed E-state index contributed by atoms with van der Waals surface area (Å²) in [6.45, 7) is 11.2. The molecule has 1 aromatic heterocycles. The fourth-order valence-corrected chi connectivity index (χ4v) is 7.79. The molecule has 10 N–H and O–H groups in total. The van der Waals surface area contributed by atoms with Crippen LogP contribution in [0, 0.1) is 17.8 Å². The van der Waals surface area contributed by atoms with Crippen LogP contribution in [-0.2, 0) is 40.0 Å². The largest absolute Gasteiger partial charge is 0.361 e. The number of aromatic nitrogens is 1. The average molecular weight is 822 g/mol. The molecule has 16 heteroatoms. The van der Waals surface area contributed by atoms with E-state index < -0.39 is 89.9 Å². The minimum atomic E-state index is -1.43. The summed E-state index contributed by atoms with van der Waals surface area (Å²) in [6, 6.07) is 0.297. The first-order valence-electron chi connectivity index (χ1n) is 21.4. The fourth-order valence-electron chi connectivity index (χ4n) is 7.79. The average Bonchev–Trinajstić information content (AvgIpc) is 3.59. The summed E-state index contributed by atoms with van der Waals surface area (Å²) in [6.07, 6.45) is 6.85. The summed E-state index contributed by atoms with van der Waals surface area (Å²) in [4.78, 5) is 102. The Balaban J connectivity index is 1.77. The number of aromatic amines is 1. The Morgan fingerprint density at radius 2 is 1.20 bits per heavy atom. The van der Waals surface area contributed by atoms with Crippen molar-refractivity contribution < 1.29 is 33.6 Å². The van der Waals surface area contributed by atoms with Crippen molar-refractivity contribution in [2.75, 3.05) is 6.54 Å². The number of H-pyrrole nitrogens is 1. The van der Waals surface area contributed by atoms with Crippen molar-refractivity contribution >= 4 is 52.3 Å². The number of carbonyl (C=O) groups excluding carboxylic acids is 7. The number of para-hydroxylation sites is 1. The van der Waals surface area contributed by atoms with E-state index in [1.54, 1.807) is 20.0 Å². The van der Waals surface area contributed by atoms with Crippen molar-refractivity contribution in [1.29, 1.82) is 0 Å². The molecule has 0 bridgehead atoms. The van der Waals surface area contributed by atoms with E-state index in [2.05, 4.69) is 42.2 Å². The highest BCUT2D eigenvalue weighted by Crippen LogP contribution is 2.21. The standard InChI is InChI=1S/C43H67N9O7/c1-24(2)19-32-39(55)49-33(20-25(3)4)42(58)52-37(26(5)6)43(59)51-35(22-36(53)46-28-13-8-7-9-14-28)41(57)47-31(17-12-18-44)38(54)50-34(40(56)48-32)21-27-23-45-30-16-11-10-15-29(27)30/h10-11,15-16,23-26,28,31-35,37,45H,7-9,12-14,17-22,44H2,1-6H3,(H,46,53)(H,47,57)(H,48,56)(H,49,55)(H,50,54)(H,51,59)(H,52,58)/t31-,32+,33-,34+,35+,37+/m1/s1. The summed E-state index contributed by atoms with van der Waals surface area (Å²) in [5.74, 6) is -5.03. The van der Waals surface area contributed by atoms with Crippen LogP contribution in [0.15, 0.2) is 30.5 Å². The topological polar surface area (TPSA) is 246 Å². The number of nitrogens with one attached hydrogen (secondary N) is 8. The molecule has 2 aliphatic rings. The normalized spacial score (nSPS) is 24.8. The maximum Gasteiger partial charge on any atom is 0.243 e. The van der Waals surface area contributed by atoms with E-state index >= 15 is 0 Å². The second kappa shape index (κ2) is 22.4. The number of carbonyl (C=O) groups is 7. The molecule has 7 amide bonds. The zero-order chi connectivity index (χ0) is 43.2. The van der Waals surface area contributed by atoms with E-state index in [9.17, 15) is 33.6 Å². The number of hydrogen-bond acceptors (Lipinski definition) is 8. The molecule has 0 spiro atoms. The van der Waals surface area contributed by atoms with Crippen LogP contribution in [0.3, 0.4) is 0 Å². The Kier molecular flexibility index (Phi) is 17.7. The van der Waals surface area contributed by atoms with Crippen LogP contribution in [0.5, 0.6) is 0 Å². The predicted octanol–water partition coefficient (Wildman–Crippen LogP) is 1.96. The van der Waals surface area contributed by atoms with Crippen molar-refractivity contribution in [1.82, 2.24) is 42.2 Å². The van der Waals surface area contributed by atoms with Crippen LogP contribution < -0.4 is 43.0 Å². The van der Waals surface area contributed by atoms with Crippen molar-refractivity contribution in [3.63, 3.8) is 0 Å². The zero-order valence-corrected chi connectivity index (χ0v) is 35.6. The molecule has 6 atom stereocenters. The smallest absolute Gasteiger partial charge is 0.243 e. The summed E-state index contributed by atoms with van der Waals surface area (Å²) in [7, 11) is 0. The van der Waals surface area contributed by atoms with Crippen LogP contribution in [-0.4, -0.2) is 95.2 Å². The lowest BCUT2D eigenvalue weighted by Gasteiger charge is -2.31. The van der Waals surface area contributed by atoms with E-state index in [1.165, 1.54) is 0 Å². The van der Waals surface area contributed by atoms with E-state index in [4.69, 9.17) is 5.73 Å². The highest BCUT2D eigenvalue weighted by atomic mass is 16.2. The molecule has 16 nitrogen and oxygen atoms in total. The van der Waals surface area contributed by atoms with E-state index in [-0.39, 0.29) is 50.1 Å². The van der Waals surface area contributed by atoms with Crippen LogP contribution in [0.1, 0.15) is 111 Å². The molecule has 1 aliphatic heterocycles. The first-order chi connectivity index (χ1) is 28.1. The summed E-state index contributed by atoms with van der Waals surface area (Å²) in [5, 5.41) is 20.6. The Morgan fingerprint density at radius 1 is 0.678 bits per heavy atom. The van der Waals surface area contributed by atoms with Crippen molar-refractivity contribution in [2.24, 2.45) is 23.5 Å². The van der Waals surface area contributed by atoms with Gasteiger partial charge in [0.2, 0.25) is 41.4 Å². The maximum atomic E-state index is 14.4.